The standard InChI is InChI=1S/C18H15N3O5S/c22-13-7-5-12(6-8-13)21-17(26)15(9-16(24)25)27-18(21)20-19-10-11-3-1-2-4-14(11)23/h1-8,10,15,22-23H,9H2,(H,24,25)/p-1/b19-10-,20-18+/t15-/m0/s1. The molecule has 9 heteroatoms. The number of hydrogen-bond donors (Lipinski definition) is 2. The van der Waals surface area contributed by atoms with Crippen LogP contribution >= 0.6 is 11.8 Å². The SMILES string of the molecule is O=C([O-])C[C@@H]1S/C(=N/N=C\c2ccccc2O)N(c2ccc(O)cc2)C1=O. The van der Waals surface area contributed by atoms with Gasteiger partial charge in [0.1, 0.15) is 11.5 Å². The van der Waals surface area contributed by atoms with Gasteiger partial charge < -0.3 is 20.1 Å². The van der Waals surface area contributed by atoms with E-state index in [0.717, 1.165) is 11.8 Å². The summed E-state index contributed by atoms with van der Waals surface area (Å²) < 4.78 is 0. The van der Waals surface area contributed by atoms with Gasteiger partial charge in [0.2, 0.25) is 5.91 Å². The number of amidine groups is 1. The minimum Gasteiger partial charge on any atom is -0.550 e. The summed E-state index contributed by atoms with van der Waals surface area (Å²) in [4.78, 5) is 24.7. The fourth-order valence-electron chi connectivity index (χ4n) is 2.39. The molecule has 2 aromatic carbocycles. The first-order valence-electron chi connectivity index (χ1n) is 7.84. The van der Waals surface area contributed by atoms with E-state index in [1.807, 2.05) is 0 Å². The Kier molecular flexibility index (Phi) is 5.41. The van der Waals surface area contributed by atoms with Gasteiger partial charge in [0, 0.05) is 18.0 Å². The van der Waals surface area contributed by atoms with E-state index in [-0.39, 0.29) is 16.7 Å². The number of rotatable bonds is 5. The number of phenolic OH excluding ortho intramolecular Hbond substituents is 2. The Labute approximate surface area is 158 Å². The maximum absolute atomic E-state index is 12.6. The van der Waals surface area contributed by atoms with Gasteiger partial charge in [-0.2, -0.15) is 5.10 Å². The predicted molar refractivity (Wildman–Crippen MR) is 99.7 cm³/mol. The Hall–Kier alpha value is -3.33. The molecule has 0 saturated carbocycles. The molecule has 1 amide bonds. The molecular formula is C18H14N3O5S-. The molecule has 0 unspecified atom stereocenters. The Morgan fingerprint density at radius 3 is 2.56 bits per heavy atom. The molecule has 1 aliphatic heterocycles. The van der Waals surface area contributed by atoms with Crippen LogP contribution in [0, 0.1) is 0 Å². The molecule has 0 spiro atoms. The molecule has 1 aliphatic rings. The number of benzene rings is 2. The van der Waals surface area contributed by atoms with Crippen molar-refractivity contribution in [3.05, 3.63) is 54.1 Å². The second kappa shape index (κ2) is 7.92. The van der Waals surface area contributed by atoms with E-state index in [2.05, 4.69) is 10.2 Å². The number of carboxylic acids is 1. The van der Waals surface area contributed by atoms with E-state index in [1.54, 1.807) is 18.2 Å². The van der Waals surface area contributed by atoms with E-state index in [4.69, 9.17) is 0 Å². The van der Waals surface area contributed by atoms with Crippen LogP contribution in [0.1, 0.15) is 12.0 Å². The summed E-state index contributed by atoms with van der Waals surface area (Å²) in [5.41, 5.74) is 0.862. The van der Waals surface area contributed by atoms with Crippen LogP contribution in [0.5, 0.6) is 11.5 Å². The second-order valence-electron chi connectivity index (χ2n) is 5.56. The average molecular weight is 384 g/mol. The van der Waals surface area contributed by atoms with Crippen molar-refractivity contribution in [2.24, 2.45) is 10.2 Å². The Morgan fingerprint density at radius 2 is 1.89 bits per heavy atom. The van der Waals surface area contributed by atoms with Gasteiger partial charge in [-0.1, -0.05) is 23.9 Å². The second-order valence-corrected chi connectivity index (χ2v) is 6.73. The summed E-state index contributed by atoms with van der Waals surface area (Å²) in [5.74, 6) is -1.75. The first-order chi connectivity index (χ1) is 13.0. The minimum absolute atomic E-state index is 0.0281. The fourth-order valence-corrected chi connectivity index (χ4v) is 3.47. The lowest BCUT2D eigenvalue weighted by Gasteiger charge is -2.16. The third-order valence-corrected chi connectivity index (χ3v) is 4.80. The quantitative estimate of drug-likeness (QED) is 0.587. The zero-order valence-electron chi connectivity index (χ0n) is 13.8. The summed E-state index contributed by atoms with van der Waals surface area (Å²) in [6.45, 7) is 0. The van der Waals surface area contributed by atoms with Gasteiger partial charge in [-0.25, -0.2) is 0 Å². The molecule has 1 saturated heterocycles. The normalized spacial score (nSPS) is 18.5. The summed E-state index contributed by atoms with van der Waals surface area (Å²) in [7, 11) is 0. The number of carboxylic acid groups (broad SMARTS) is 1. The Balaban J connectivity index is 1.91. The molecule has 1 atom stereocenters. The molecule has 0 aromatic heterocycles. The zero-order chi connectivity index (χ0) is 19.4. The lowest BCUT2D eigenvalue weighted by Crippen LogP contribution is -2.35. The molecule has 3 rings (SSSR count). The lowest BCUT2D eigenvalue weighted by atomic mass is 10.2. The number of aromatic hydroxyl groups is 2. The number of hydrogen-bond acceptors (Lipinski definition) is 8. The monoisotopic (exact) mass is 384 g/mol. The fraction of sp³-hybridized carbons (Fsp3) is 0.111. The highest BCUT2D eigenvalue weighted by atomic mass is 32.2. The van der Waals surface area contributed by atoms with Gasteiger partial charge in [0.05, 0.1) is 17.2 Å². The highest BCUT2D eigenvalue weighted by Gasteiger charge is 2.39. The highest BCUT2D eigenvalue weighted by Crippen LogP contribution is 2.34. The smallest absolute Gasteiger partial charge is 0.247 e. The maximum Gasteiger partial charge on any atom is 0.247 e. The van der Waals surface area contributed by atoms with Crippen molar-refractivity contribution in [3.63, 3.8) is 0 Å². The molecule has 138 valence electrons. The first kappa shape index (κ1) is 18.5. The number of thioether (sulfide) groups is 1. The molecule has 8 nitrogen and oxygen atoms in total. The number of anilines is 1. The highest BCUT2D eigenvalue weighted by molar-refractivity contribution is 8.16. The average Bonchev–Trinajstić information content (AvgIpc) is 2.92. The van der Waals surface area contributed by atoms with Crippen molar-refractivity contribution in [3.8, 4) is 11.5 Å². The third-order valence-electron chi connectivity index (χ3n) is 3.67. The Bertz CT molecular complexity index is 927. The van der Waals surface area contributed by atoms with Crippen LogP contribution in [0.25, 0.3) is 0 Å². The van der Waals surface area contributed by atoms with Gasteiger partial charge in [-0.05, 0) is 36.4 Å². The molecule has 27 heavy (non-hydrogen) atoms. The van der Waals surface area contributed by atoms with Gasteiger partial charge in [-0.3, -0.25) is 9.69 Å². The molecule has 0 radical (unpaired) electrons. The van der Waals surface area contributed by atoms with Crippen LogP contribution in [0.4, 0.5) is 5.69 Å². The molecule has 2 aromatic rings. The van der Waals surface area contributed by atoms with Crippen LogP contribution in [-0.4, -0.2) is 38.7 Å². The predicted octanol–water partition coefficient (Wildman–Crippen LogP) is 1.08. The number of para-hydroxylation sites is 1. The van der Waals surface area contributed by atoms with Gasteiger partial charge in [0.15, 0.2) is 5.17 Å². The number of aliphatic carboxylic acids is 1. The van der Waals surface area contributed by atoms with Crippen molar-refractivity contribution in [2.75, 3.05) is 4.90 Å². The van der Waals surface area contributed by atoms with Gasteiger partial charge in [0.25, 0.3) is 0 Å². The van der Waals surface area contributed by atoms with Gasteiger partial charge >= 0.3 is 0 Å². The van der Waals surface area contributed by atoms with Crippen LogP contribution in [-0.2, 0) is 9.59 Å². The number of nitrogens with zero attached hydrogens (tertiary/aromatic N) is 3. The molecule has 1 fully saturated rings. The third kappa shape index (κ3) is 4.26. The number of carbonyl (C=O) groups is 2. The van der Waals surface area contributed by atoms with E-state index < -0.39 is 23.5 Å². The molecular weight excluding hydrogens is 370 g/mol. The maximum atomic E-state index is 12.6. The van der Waals surface area contributed by atoms with E-state index in [1.165, 1.54) is 41.4 Å². The van der Waals surface area contributed by atoms with Crippen LogP contribution in [0.3, 0.4) is 0 Å². The van der Waals surface area contributed by atoms with E-state index >= 15 is 0 Å². The Morgan fingerprint density at radius 1 is 1.19 bits per heavy atom. The minimum atomic E-state index is -1.34. The van der Waals surface area contributed by atoms with Crippen LogP contribution < -0.4 is 10.0 Å². The first-order valence-corrected chi connectivity index (χ1v) is 8.72. The van der Waals surface area contributed by atoms with Crippen molar-refractivity contribution >= 4 is 40.7 Å². The topological polar surface area (TPSA) is 126 Å². The molecule has 0 bridgehead atoms. The lowest BCUT2D eigenvalue weighted by molar-refractivity contribution is -0.305. The summed E-state index contributed by atoms with van der Waals surface area (Å²) in [6, 6.07) is 12.4. The summed E-state index contributed by atoms with van der Waals surface area (Å²) in [5, 5.41) is 37.3. The zero-order valence-corrected chi connectivity index (χ0v) is 14.7. The number of phenols is 2. The van der Waals surface area contributed by atoms with Crippen LogP contribution in [0.2, 0.25) is 0 Å². The van der Waals surface area contributed by atoms with Crippen LogP contribution in [0.15, 0.2) is 58.7 Å². The van der Waals surface area contributed by atoms with Crippen molar-refractivity contribution in [1.82, 2.24) is 0 Å². The van der Waals surface area contributed by atoms with Crippen molar-refractivity contribution in [2.45, 2.75) is 11.7 Å². The van der Waals surface area contributed by atoms with Crippen molar-refractivity contribution in [1.29, 1.82) is 0 Å². The molecule has 1 heterocycles. The molecule has 2 N–H and O–H groups in total. The molecule has 0 aliphatic carbocycles. The summed E-state index contributed by atoms with van der Waals surface area (Å²) in [6.07, 6.45) is 0.870. The van der Waals surface area contributed by atoms with E-state index in [9.17, 15) is 24.9 Å². The summed E-state index contributed by atoms with van der Waals surface area (Å²) >= 11 is 0.960. The number of amides is 1. The van der Waals surface area contributed by atoms with Crippen molar-refractivity contribution < 1.29 is 24.9 Å². The largest absolute Gasteiger partial charge is 0.550 e. The van der Waals surface area contributed by atoms with Gasteiger partial charge in [-0.15, -0.1) is 5.10 Å². The number of carbonyl (C=O) groups excluding carboxylic acids is 2. The van der Waals surface area contributed by atoms with E-state index in [0.29, 0.717) is 11.3 Å².